The van der Waals surface area contributed by atoms with Crippen LogP contribution in [0, 0.1) is 0 Å². The van der Waals surface area contributed by atoms with Crippen molar-refractivity contribution >= 4 is 11.9 Å². The molecule has 0 saturated carbocycles. The van der Waals surface area contributed by atoms with Crippen LogP contribution < -0.4 is 10.6 Å². The second kappa shape index (κ2) is 8.01. The van der Waals surface area contributed by atoms with Gasteiger partial charge in [-0.2, -0.15) is 0 Å². The third kappa shape index (κ3) is 3.58. The number of likely N-dealkylation sites (tertiary alicyclic amines) is 1. The first kappa shape index (κ1) is 16.7. The molecule has 0 spiro atoms. The lowest BCUT2D eigenvalue weighted by Crippen LogP contribution is -2.55. The molecule has 1 aliphatic heterocycles. The van der Waals surface area contributed by atoms with Gasteiger partial charge in [0.25, 0.3) is 0 Å². The van der Waals surface area contributed by atoms with Gasteiger partial charge >= 0.3 is 5.97 Å². The first-order valence-corrected chi connectivity index (χ1v) is 6.93. The standard InChI is InChI=1S/C14H25N3O3/c1-5-6-10-7-8-12(14(19)20-4)17(10)13(18)11(16-3)9-15-2/h5,10-12,15-16H,1,6-9H2,2-4H3/t10?,11-,12-/m0/s1. The van der Waals surface area contributed by atoms with Crippen molar-refractivity contribution in [3.8, 4) is 0 Å². The molecule has 1 amide bonds. The van der Waals surface area contributed by atoms with Crippen molar-refractivity contribution in [1.29, 1.82) is 0 Å². The van der Waals surface area contributed by atoms with Crippen molar-refractivity contribution in [2.45, 2.75) is 37.4 Å². The average molecular weight is 283 g/mol. The molecule has 20 heavy (non-hydrogen) atoms. The number of methoxy groups -OCH3 is 1. The van der Waals surface area contributed by atoms with Crippen LogP contribution >= 0.6 is 0 Å². The van der Waals surface area contributed by atoms with Gasteiger partial charge in [-0.3, -0.25) is 4.79 Å². The van der Waals surface area contributed by atoms with Gasteiger partial charge in [0.1, 0.15) is 6.04 Å². The summed E-state index contributed by atoms with van der Waals surface area (Å²) < 4.78 is 4.82. The van der Waals surface area contributed by atoms with Crippen molar-refractivity contribution in [1.82, 2.24) is 15.5 Å². The van der Waals surface area contributed by atoms with Crippen LogP contribution in [0.15, 0.2) is 12.7 Å². The molecule has 6 nitrogen and oxygen atoms in total. The minimum absolute atomic E-state index is 0.0248. The Morgan fingerprint density at radius 2 is 2.15 bits per heavy atom. The molecule has 6 heteroatoms. The summed E-state index contributed by atoms with van der Waals surface area (Å²) in [6, 6.07) is -0.806. The van der Waals surface area contributed by atoms with Gasteiger partial charge in [0.05, 0.1) is 13.2 Å². The van der Waals surface area contributed by atoms with E-state index in [1.165, 1.54) is 7.11 Å². The lowest BCUT2D eigenvalue weighted by atomic mass is 10.1. The molecule has 0 aromatic heterocycles. The maximum absolute atomic E-state index is 12.7. The van der Waals surface area contributed by atoms with E-state index in [4.69, 9.17) is 4.74 Å². The number of amides is 1. The highest BCUT2D eigenvalue weighted by Gasteiger charge is 2.42. The SMILES string of the molecule is C=CCC1CC[C@@H](C(=O)OC)N1C(=O)[C@H](CNC)NC. The Balaban J connectivity index is 2.93. The maximum Gasteiger partial charge on any atom is 0.328 e. The summed E-state index contributed by atoms with van der Waals surface area (Å²) in [5.74, 6) is -0.411. The summed E-state index contributed by atoms with van der Waals surface area (Å²) in [6.07, 6.45) is 3.92. The number of carbonyl (C=O) groups excluding carboxylic acids is 2. The monoisotopic (exact) mass is 283 g/mol. The first-order valence-electron chi connectivity index (χ1n) is 6.93. The molecule has 2 N–H and O–H groups in total. The molecule has 0 radical (unpaired) electrons. The van der Waals surface area contributed by atoms with E-state index in [0.29, 0.717) is 19.4 Å². The van der Waals surface area contributed by atoms with E-state index in [2.05, 4.69) is 17.2 Å². The fraction of sp³-hybridized carbons (Fsp3) is 0.714. The highest BCUT2D eigenvalue weighted by molar-refractivity contribution is 5.88. The molecule has 1 heterocycles. The average Bonchev–Trinajstić information content (AvgIpc) is 2.87. The van der Waals surface area contributed by atoms with Crippen molar-refractivity contribution in [3.63, 3.8) is 0 Å². The highest BCUT2D eigenvalue weighted by atomic mass is 16.5. The van der Waals surface area contributed by atoms with E-state index >= 15 is 0 Å². The predicted molar refractivity (Wildman–Crippen MR) is 77.3 cm³/mol. The number of nitrogens with one attached hydrogen (secondary N) is 2. The summed E-state index contributed by atoms with van der Waals surface area (Å²) in [5.41, 5.74) is 0. The quantitative estimate of drug-likeness (QED) is 0.504. The second-order valence-electron chi connectivity index (χ2n) is 4.94. The zero-order valence-electron chi connectivity index (χ0n) is 12.5. The number of likely N-dealkylation sites (N-methyl/N-ethyl adjacent to an activating group) is 2. The number of ether oxygens (including phenoxy) is 1. The number of rotatable bonds is 7. The van der Waals surface area contributed by atoms with Crippen LogP contribution in [-0.4, -0.2) is 62.7 Å². The van der Waals surface area contributed by atoms with Crippen LogP contribution in [-0.2, 0) is 14.3 Å². The second-order valence-corrected chi connectivity index (χ2v) is 4.94. The molecule has 1 fully saturated rings. The van der Waals surface area contributed by atoms with Gasteiger partial charge in [-0.15, -0.1) is 6.58 Å². The fourth-order valence-electron chi connectivity index (χ4n) is 2.70. The molecule has 1 aliphatic rings. The zero-order valence-corrected chi connectivity index (χ0v) is 12.5. The number of hydrogen-bond donors (Lipinski definition) is 2. The third-order valence-corrected chi connectivity index (χ3v) is 3.72. The van der Waals surface area contributed by atoms with Gasteiger partial charge in [-0.1, -0.05) is 6.08 Å². The van der Waals surface area contributed by atoms with Crippen LogP contribution in [0.1, 0.15) is 19.3 Å². The van der Waals surface area contributed by atoms with Crippen LogP contribution in [0.5, 0.6) is 0 Å². The summed E-state index contributed by atoms with van der Waals surface area (Å²) in [5, 5.41) is 5.97. The van der Waals surface area contributed by atoms with E-state index in [9.17, 15) is 9.59 Å². The topological polar surface area (TPSA) is 70.7 Å². The number of carbonyl (C=O) groups is 2. The van der Waals surface area contributed by atoms with Crippen molar-refractivity contribution < 1.29 is 14.3 Å². The number of nitrogens with zero attached hydrogens (tertiary/aromatic N) is 1. The number of hydrogen-bond acceptors (Lipinski definition) is 5. The molecular weight excluding hydrogens is 258 g/mol. The Labute approximate surface area is 120 Å². The Morgan fingerprint density at radius 1 is 1.45 bits per heavy atom. The van der Waals surface area contributed by atoms with Gasteiger partial charge in [-0.05, 0) is 33.4 Å². The highest BCUT2D eigenvalue weighted by Crippen LogP contribution is 2.28. The van der Waals surface area contributed by atoms with Crippen molar-refractivity contribution in [2.75, 3.05) is 27.7 Å². The molecule has 1 unspecified atom stereocenters. The molecule has 3 atom stereocenters. The van der Waals surface area contributed by atoms with Gasteiger partial charge < -0.3 is 20.3 Å². The van der Waals surface area contributed by atoms with E-state index in [0.717, 1.165) is 6.42 Å². The molecular formula is C14H25N3O3. The minimum Gasteiger partial charge on any atom is -0.467 e. The van der Waals surface area contributed by atoms with E-state index in [1.807, 2.05) is 0 Å². The summed E-state index contributed by atoms with van der Waals surface area (Å²) in [7, 11) is 4.89. The summed E-state index contributed by atoms with van der Waals surface area (Å²) >= 11 is 0. The van der Waals surface area contributed by atoms with Crippen LogP contribution in [0.4, 0.5) is 0 Å². The van der Waals surface area contributed by atoms with E-state index in [1.54, 1.807) is 25.1 Å². The maximum atomic E-state index is 12.7. The van der Waals surface area contributed by atoms with E-state index < -0.39 is 6.04 Å². The molecule has 0 bridgehead atoms. The van der Waals surface area contributed by atoms with Gasteiger partial charge in [0.2, 0.25) is 5.91 Å². The Hall–Kier alpha value is -1.40. The Kier molecular flexibility index (Phi) is 6.67. The first-order chi connectivity index (χ1) is 9.60. The van der Waals surface area contributed by atoms with Gasteiger partial charge in [0, 0.05) is 12.6 Å². The van der Waals surface area contributed by atoms with E-state index in [-0.39, 0.29) is 24.0 Å². The summed E-state index contributed by atoms with van der Waals surface area (Å²) in [4.78, 5) is 26.2. The molecule has 114 valence electrons. The normalized spacial score (nSPS) is 23.4. The lowest BCUT2D eigenvalue weighted by molar-refractivity contribution is -0.152. The Bertz CT molecular complexity index is 360. The number of esters is 1. The third-order valence-electron chi connectivity index (χ3n) is 3.72. The Morgan fingerprint density at radius 3 is 2.65 bits per heavy atom. The fourth-order valence-corrected chi connectivity index (χ4v) is 2.70. The molecule has 1 saturated heterocycles. The van der Waals surface area contributed by atoms with Crippen LogP contribution in [0.3, 0.4) is 0 Å². The molecule has 0 aromatic carbocycles. The lowest BCUT2D eigenvalue weighted by Gasteiger charge is -2.31. The molecule has 0 aliphatic carbocycles. The zero-order chi connectivity index (χ0) is 15.1. The van der Waals surface area contributed by atoms with Crippen molar-refractivity contribution in [3.05, 3.63) is 12.7 Å². The smallest absolute Gasteiger partial charge is 0.328 e. The predicted octanol–water partition coefficient (Wildman–Crippen LogP) is -0.0975. The largest absolute Gasteiger partial charge is 0.467 e. The van der Waals surface area contributed by atoms with Crippen LogP contribution in [0.2, 0.25) is 0 Å². The molecule has 1 rings (SSSR count). The van der Waals surface area contributed by atoms with Gasteiger partial charge in [-0.25, -0.2) is 4.79 Å². The molecule has 0 aromatic rings. The summed E-state index contributed by atoms with van der Waals surface area (Å²) in [6.45, 7) is 4.24. The minimum atomic E-state index is -0.481. The van der Waals surface area contributed by atoms with Crippen molar-refractivity contribution in [2.24, 2.45) is 0 Å². The van der Waals surface area contributed by atoms with Gasteiger partial charge in [0.15, 0.2) is 0 Å². The van der Waals surface area contributed by atoms with Crippen LogP contribution in [0.25, 0.3) is 0 Å².